The lowest BCUT2D eigenvalue weighted by Crippen LogP contribution is -2.63. The molecular weight excluding hydrogens is 1180 g/mol. The molecule has 0 bridgehead atoms. The maximum Gasteiger partial charge on any atom is 0.305 e. The minimum Gasteiger partial charge on any atom is -0.507 e. The van der Waals surface area contributed by atoms with Crippen molar-refractivity contribution in [3.05, 3.63) is 28.2 Å². The molecule has 3 fully saturated rings. The lowest BCUT2D eigenvalue weighted by atomic mass is 9.87. The van der Waals surface area contributed by atoms with Crippen molar-refractivity contribution in [3.63, 3.8) is 0 Å². The van der Waals surface area contributed by atoms with E-state index in [0.717, 1.165) is 83.1 Å². The van der Waals surface area contributed by atoms with Crippen molar-refractivity contribution < 1.29 is 163 Å². The number of Topliss-reactive ketones (excluding diaryl/α,β-unsaturated/α-hetero) is 2. The van der Waals surface area contributed by atoms with Crippen molar-refractivity contribution >= 4 is 83.2 Å². The minimum absolute atomic E-state index is 0.491. The zero-order valence-electron chi connectivity index (χ0n) is 48.7. The third-order valence-corrected chi connectivity index (χ3v) is 12.2. The van der Waals surface area contributed by atoms with Gasteiger partial charge in [-0.15, -0.1) is 0 Å². The molecule has 0 radical (unpaired) electrons. The predicted octanol–water partition coefficient (Wildman–Crippen LogP) is -0.130. The first kappa shape index (κ1) is 68.6. The molecule has 34 heteroatoms. The first-order chi connectivity index (χ1) is 40.6. The molecule has 1 aromatic carbocycles. The number of hydrogen-bond acceptors (Lipinski definition) is 34. The Hall–Kier alpha value is -9.18. The number of rotatable bonds is 21. The molecule has 34 nitrogen and oxygen atoms in total. The standard InChI is InChI=1S/C53H62O34/c1-14-29-34(66)32-33(35(67)38(29)84-51-46(77-24(9)61)43(74-21(6)58)39(72-19(4)56)30(82-51)15-70-17(2)54)37(69)42(85-52-47(78-25(10)62)44(75-22(7)59)40(73-20(5)57)31(83-52)16-71-18(3)55)41(36(32)68)86-53-49(80-27(12)64)45(76-23(8)60)48(79-26(11)63)50(87-53)81-28(13)65/h30-31,39-40,43-53,66-67H,14-16H2,1-13H3/t30-,31+,39-,40+,43+,44-,45-,46-,47+,48-,49+,50-,51+,52-,53?/m0/s1. The molecular formula is C53H62O34. The van der Waals surface area contributed by atoms with Gasteiger partial charge in [0.2, 0.25) is 72.7 Å². The second-order valence-corrected chi connectivity index (χ2v) is 19.1. The number of benzene rings is 1. The van der Waals surface area contributed by atoms with Crippen LogP contribution in [0.3, 0.4) is 0 Å². The maximum atomic E-state index is 15.7. The van der Waals surface area contributed by atoms with Gasteiger partial charge < -0.3 is 90.7 Å². The largest absolute Gasteiger partial charge is 0.507 e. The van der Waals surface area contributed by atoms with Crippen LogP contribution >= 0.6 is 0 Å². The number of ketones is 2. The molecule has 5 rings (SSSR count). The van der Waals surface area contributed by atoms with Crippen LogP contribution in [-0.2, 0) is 144 Å². The van der Waals surface area contributed by atoms with Gasteiger partial charge in [0, 0.05) is 88.6 Å². The van der Waals surface area contributed by atoms with Gasteiger partial charge in [-0.2, -0.15) is 0 Å². The molecule has 478 valence electrons. The van der Waals surface area contributed by atoms with Crippen LogP contribution in [-0.4, -0.2) is 199 Å². The normalized spacial score (nSPS) is 27.4. The van der Waals surface area contributed by atoms with Crippen LogP contribution in [0.4, 0.5) is 0 Å². The van der Waals surface area contributed by atoms with E-state index in [-0.39, 0.29) is 0 Å². The average molecular weight is 1240 g/mol. The Balaban J connectivity index is 1.87. The molecule has 0 aromatic heterocycles. The zero-order chi connectivity index (χ0) is 65.2. The highest BCUT2D eigenvalue weighted by atomic mass is 16.8. The van der Waals surface area contributed by atoms with Crippen molar-refractivity contribution in [2.24, 2.45) is 0 Å². The Morgan fingerprint density at radius 1 is 0.345 bits per heavy atom. The summed E-state index contributed by atoms with van der Waals surface area (Å²) in [5, 5.41) is 24.8. The fourth-order valence-corrected chi connectivity index (χ4v) is 9.30. The SMILES string of the molecule is CCc1c(O)c2c(c(O)c1O[C@H]1O[C@@H](COC(C)=O)[C@H](OC(C)=O)[C@@H](OC(C)=O)[C@@H]1OC(C)=O)C(=O)C(O[C@@H]1O[C@H](COC(C)=O)[C@@H](OC(C)=O)[C@H](OC(C)=O)[C@H]1OC(C)=O)=C(OC1O[C@H](OC(C)=O)[C@@H](OC(C)=O)[C@H](OC(C)=O)[C@H]1OC(C)=O)C2=O. The molecule has 3 heterocycles. The molecule has 1 aromatic rings. The van der Waals surface area contributed by atoms with Gasteiger partial charge in [0.05, 0.1) is 11.1 Å². The number of ether oxygens (including phenoxy) is 18. The van der Waals surface area contributed by atoms with E-state index in [0.29, 0.717) is 0 Å². The Labute approximate surface area is 492 Å². The van der Waals surface area contributed by atoms with Crippen LogP contribution < -0.4 is 4.74 Å². The van der Waals surface area contributed by atoms with Crippen LogP contribution in [0, 0.1) is 0 Å². The molecule has 0 amide bonds. The predicted molar refractivity (Wildman–Crippen MR) is 269 cm³/mol. The molecule has 0 saturated carbocycles. The summed E-state index contributed by atoms with van der Waals surface area (Å²) in [6.45, 7) is 10.3. The number of aromatic hydroxyl groups is 2. The quantitative estimate of drug-likeness (QED) is 0.0919. The highest BCUT2D eigenvalue weighted by Crippen LogP contribution is 2.50. The molecule has 3 saturated heterocycles. The second kappa shape index (κ2) is 29.3. The summed E-state index contributed by atoms with van der Waals surface area (Å²) in [6.07, 6.45) is -31.6. The lowest BCUT2D eigenvalue weighted by molar-refractivity contribution is -0.338. The Morgan fingerprint density at radius 2 is 0.621 bits per heavy atom. The van der Waals surface area contributed by atoms with Gasteiger partial charge in [0.1, 0.15) is 31.2 Å². The van der Waals surface area contributed by atoms with E-state index in [4.69, 9.17) is 85.3 Å². The first-order valence-corrected chi connectivity index (χ1v) is 26.0. The molecule has 3 aliphatic heterocycles. The molecule has 1 unspecified atom stereocenters. The molecule has 4 aliphatic rings. The summed E-state index contributed by atoms with van der Waals surface area (Å²) in [6, 6.07) is 0. The van der Waals surface area contributed by atoms with E-state index >= 15 is 9.59 Å². The maximum absolute atomic E-state index is 15.7. The number of phenolic OH excluding ortho intramolecular Hbond substituents is 2. The van der Waals surface area contributed by atoms with E-state index in [1.807, 2.05) is 0 Å². The minimum atomic E-state index is -2.51. The number of hydrogen-bond donors (Lipinski definition) is 2. The molecule has 0 spiro atoms. The van der Waals surface area contributed by atoms with Crippen LogP contribution in [0.2, 0.25) is 0 Å². The second-order valence-electron chi connectivity index (χ2n) is 19.1. The van der Waals surface area contributed by atoms with Gasteiger partial charge in [-0.05, 0) is 6.42 Å². The summed E-state index contributed by atoms with van der Waals surface area (Å²) in [7, 11) is 0. The number of carbonyl (C=O) groups is 14. The highest BCUT2D eigenvalue weighted by molar-refractivity contribution is 6.28. The van der Waals surface area contributed by atoms with E-state index in [1.165, 1.54) is 6.92 Å². The lowest BCUT2D eigenvalue weighted by Gasteiger charge is -2.45. The van der Waals surface area contributed by atoms with Crippen LogP contribution in [0.5, 0.6) is 17.2 Å². The summed E-state index contributed by atoms with van der Waals surface area (Å²) in [5.41, 5.74) is -3.06. The van der Waals surface area contributed by atoms with Crippen molar-refractivity contribution in [3.8, 4) is 17.2 Å². The number of allylic oxidation sites excluding steroid dienone is 2. The van der Waals surface area contributed by atoms with E-state index in [9.17, 15) is 67.7 Å². The number of fused-ring (bicyclic) bond motifs is 1. The molecule has 87 heavy (non-hydrogen) atoms. The molecule has 15 atom stereocenters. The van der Waals surface area contributed by atoms with Crippen LogP contribution in [0.25, 0.3) is 0 Å². The van der Waals surface area contributed by atoms with Crippen LogP contribution in [0.15, 0.2) is 11.5 Å². The fourth-order valence-electron chi connectivity index (χ4n) is 9.30. The van der Waals surface area contributed by atoms with Gasteiger partial charge in [-0.1, -0.05) is 6.92 Å². The highest BCUT2D eigenvalue weighted by Gasteiger charge is 2.59. The first-order valence-electron chi connectivity index (χ1n) is 26.0. The summed E-state index contributed by atoms with van der Waals surface area (Å²) >= 11 is 0. The third-order valence-electron chi connectivity index (χ3n) is 12.2. The van der Waals surface area contributed by atoms with E-state index in [2.05, 4.69) is 0 Å². The zero-order valence-corrected chi connectivity index (χ0v) is 48.7. The summed E-state index contributed by atoms with van der Waals surface area (Å²) < 4.78 is 101. The van der Waals surface area contributed by atoms with Gasteiger partial charge in [0.15, 0.2) is 42.0 Å². The van der Waals surface area contributed by atoms with Crippen molar-refractivity contribution in [2.75, 3.05) is 13.2 Å². The van der Waals surface area contributed by atoms with Gasteiger partial charge in [-0.25, -0.2) is 0 Å². The fraction of sp³-hybridized carbons (Fsp3) is 0.585. The van der Waals surface area contributed by atoms with E-state index in [1.54, 1.807) is 0 Å². The Kier molecular flexibility index (Phi) is 23.1. The van der Waals surface area contributed by atoms with Crippen molar-refractivity contribution in [2.45, 2.75) is 189 Å². The number of carbonyl (C=O) groups excluding carboxylic acids is 14. The van der Waals surface area contributed by atoms with Crippen molar-refractivity contribution in [1.29, 1.82) is 0 Å². The van der Waals surface area contributed by atoms with Gasteiger partial charge in [0.25, 0.3) is 0 Å². The Bertz CT molecular complexity index is 2960. The third kappa shape index (κ3) is 17.0. The summed E-state index contributed by atoms with van der Waals surface area (Å²) in [4.78, 5) is 182. The van der Waals surface area contributed by atoms with Crippen LogP contribution in [0.1, 0.15) is 116 Å². The van der Waals surface area contributed by atoms with Gasteiger partial charge in [-0.3, -0.25) is 71.9 Å². The topological polar surface area (TPSA) is 446 Å². The monoisotopic (exact) mass is 1240 g/mol. The summed E-state index contributed by atoms with van der Waals surface area (Å²) in [5.74, 6) is -23.3. The van der Waals surface area contributed by atoms with Gasteiger partial charge >= 0.3 is 71.6 Å². The average Bonchev–Trinajstić information content (AvgIpc) is 0.814. The smallest absolute Gasteiger partial charge is 0.305 e. The number of esters is 12. The molecule has 2 N–H and O–H groups in total. The van der Waals surface area contributed by atoms with Crippen molar-refractivity contribution in [1.82, 2.24) is 0 Å². The van der Waals surface area contributed by atoms with E-state index < -0.39 is 241 Å². The number of phenols is 2. The Morgan fingerprint density at radius 3 is 0.943 bits per heavy atom. The molecule has 1 aliphatic carbocycles.